The van der Waals surface area contributed by atoms with Crippen molar-refractivity contribution in [2.45, 2.75) is 31.2 Å². The van der Waals surface area contributed by atoms with E-state index in [1.807, 2.05) is 6.92 Å². The third-order valence-corrected chi connectivity index (χ3v) is 6.88. The van der Waals surface area contributed by atoms with E-state index in [1.165, 1.54) is 24.4 Å². The second kappa shape index (κ2) is 11.2. The van der Waals surface area contributed by atoms with Crippen LogP contribution < -0.4 is 11.5 Å². The number of aliphatic imine (C=N–C) groups is 1. The maximum absolute atomic E-state index is 13.6. The fourth-order valence-corrected chi connectivity index (χ4v) is 4.71. The highest BCUT2D eigenvalue weighted by Gasteiger charge is 2.28. The van der Waals surface area contributed by atoms with Gasteiger partial charge in [0.05, 0.1) is 28.8 Å². The molecule has 0 aliphatic carbocycles. The fourth-order valence-electron chi connectivity index (χ4n) is 3.11. The number of nitrogens with two attached hydrogens (primary N) is 2. The van der Waals surface area contributed by atoms with Crippen molar-refractivity contribution in [3.05, 3.63) is 59.5 Å². The van der Waals surface area contributed by atoms with Crippen molar-refractivity contribution in [1.82, 2.24) is 14.3 Å². The first-order valence-corrected chi connectivity index (χ1v) is 12.3. The highest BCUT2D eigenvalue weighted by atomic mass is 35.5. The minimum absolute atomic E-state index is 0.0894. The number of ether oxygens (including phenoxy) is 1. The number of hydrogen-bond acceptors (Lipinski definition) is 7. The number of unbranched alkanes of at least 4 members (excludes halogenated alkanes) is 1. The number of carbonyl (C=O) groups excluding carboxylic acids is 1. The molecule has 0 amide bonds. The molecule has 3 aromatic rings. The smallest absolute Gasteiger partial charge is 0.321 e. The van der Waals surface area contributed by atoms with E-state index in [0.29, 0.717) is 27.9 Å². The minimum Gasteiger partial charge on any atom is -0.465 e. The quantitative estimate of drug-likeness (QED) is 0.185. The van der Waals surface area contributed by atoms with Crippen molar-refractivity contribution in [2.75, 3.05) is 13.2 Å². The minimum atomic E-state index is -4.16. The first-order valence-electron chi connectivity index (χ1n) is 10.5. The van der Waals surface area contributed by atoms with Crippen LogP contribution in [0, 0.1) is 0 Å². The van der Waals surface area contributed by atoms with Gasteiger partial charge in [-0.2, -0.15) is 9.30 Å². The van der Waals surface area contributed by atoms with Crippen molar-refractivity contribution in [2.24, 2.45) is 16.5 Å². The zero-order valence-corrected chi connectivity index (χ0v) is 20.1. The topological polar surface area (TPSA) is 154 Å². The first-order chi connectivity index (χ1) is 16.2. The second-order valence-electron chi connectivity index (χ2n) is 7.34. The average Bonchev–Trinajstić information content (AvgIpc) is 2.81. The van der Waals surface area contributed by atoms with Gasteiger partial charge in [0.1, 0.15) is 6.54 Å². The third kappa shape index (κ3) is 6.19. The van der Waals surface area contributed by atoms with Gasteiger partial charge in [-0.05, 0) is 30.7 Å². The zero-order chi connectivity index (χ0) is 24.7. The maximum atomic E-state index is 13.6. The molecule has 0 spiro atoms. The number of fused-ring (bicyclic) bond motifs is 1. The van der Waals surface area contributed by atoms with Gasteiger partial charge in [0, 0.05) is 23.2 Å². The summed E-state index contributed by atoms with van der Waals surface area (Å²) < 4.78 is 33.4. The summed E-state index contributed by atoms with van der Waals surface area (Å²) in [5.74, 6) is -0.776. The van der Waals surface area contributed by atoms with Gasteiger partial charge in [-0.3, -0.25) is 9.78 Å². The van der Waals surface area contributed by atoms with Crippen molar-refractivity contribution < 1.29 is 17.9 Å². The van der Waals surface area contributed by atoms with Gasteiger partial charge in [-0.25, -0.2) is 13.4 Å². The Kier molecular flexibility index (Phi) is 8.37. The van der Waals surface area contributed by atoms with E-state index in [-0.39, 0.29) is 29.8 Å². The molecule has 4 N–H and O–H groups in total. The van der Waals surface area contributed by atoms with E-state index in [4.69, 9.17) is 27.8 Å². The summed E-state index contributed by atoms with van der Waals surface area (Å²) in [6, 6.07) is 9.43. The van der Waals surface area contributed by atoms with Gasteiger partial charge in [0.15, 0.2) is 11.8 Å². The Hall–Kier alpha value is -3.28. The maximum Gasteiger partial charge on any atom is 0.321 e. The highest BCUT2D eigenvalue weighted by Crippen LogP contribution is 2.32. The first kappa shape index (κ1) is 25.3. The molecule has 0 atom stereocenters. The molecule has 0 saturated carbocycles. The monoisotopic (exact) mass is 504 g/mol. The number of sulfonamides is 1. The van der Waals surface area contributed by atoms with E-state index in [0.717, 1.165) is 10.7 Å². The summed E-state index contributed by atoms with van der Waals surface area (Å²) in [5, 5.41) is 1.16. The third-order valence-electron chi connectivity index (χ3n) is 4.79. The molecule has 0 fully saturated rings. The van der Waals surface area contributed by atoms with Crippen LogP contribution in [0.4, 0.5) is 5.82 Å². The van der Waals surface area contributed by atoms with Crippen LogP contribution in [0.3, 0.4) is 0 Å². The largest absolute Gasteiger partial charge is 0.465 e. The van der Waals surface area contributed by atoms with E-state index >= 15 is 0 Å². The standard InChI is InChI=1S/C22H25ClN6O4S/c1-2-3-10-33-20(30)14-29(13-15-6-4-5-9-26-15)34(31,32)16-7-8-17-18(11-16)21(28-22(24)25)27-12-19(17)23/h4-9,11-12H,2-3,10,13-14H2,1H3,(H4,24,25,27,28). The highest BCUT2D eigenvalue weighted by molar-refractivity contribution is 7.89. The average molecular weight is 505 g/mol. The van der Waals surface area contributed by atoms with Crippen LogP contribution in [-0.4, -0.2) is 47.8 Å². The Morgan fingerprint density at radius 3 is 2.65 bits per heavy atom. The normalized spacial score (nSPS) is 11.5. The van der Waals surface area contributed by atoms with Gasteiger partial charge in [-0.15, -0.1) is 0 Å². The number of nitrogens with zero attached hydrogens (tertiary/aromatic N) is 4. The number of hydrogen-bond donors (Lipinski definition) is 2. The van der Waals surface area contributed by atoms with Crippen LogP contribution in [0.5, 0.6) is 0 Å². The fraction of sp³-hybridized carbons (Fsp3) is 0.273. The Labute approximate surface area is 202 Å². The number of guanidine groups is 1. The van der Waals surface area contributed by atoms with Gasteiger partial charge in [-0.1, -0.05) is 37.1 Å². The lowest BCUT2D eigenvalue weighted by Crippen LogP contribution is -2.36. The van der Waals surface area contributed by atoms with E-state index in [1.54, 1.807) is 24.4 Å². The molecule has 0 radical (unpaired) electrons. The van der Waals surface area contributed by atoms with Crippen LogP contribution in [0.2, 0.25) is 5.02 Å². The number of rotatable bonds is 10. The predicted octanol–water partition coefficient (Wildman–Crippen LogP) is 2.72. The van der Waals surface area contributed by atoms with Gasteiger partial charge < -0.3 is 16.2 Å². The molecule has 0 aliphatic rings. The predicted molar refractivity (Wildman–Crippen MR) is 130 cm³/mol. The number of halogens is 1. The summed E-state index contributed by atoms with van der Waals surface area (Å²) in [4.78, 5) is 24.6. The van der Waals surface area contributed by atoms with Crippen molar-refractivity contribution >= 4 is 50.1 Å². The van der Waals surface area contributed by atoms with Crippen molar-refractivity contribution in [3.63, 3.8) is 0 Å². The van der Waals surface area contributed by atoms with Crippen LogP contribution >= 0.6 is 11.6 Å². The van der Waals surface area contributed by atoms with E-state index in [9.17, 15) is 13.2 Å². The van der Waals surface area contributed by atoms with Crippen LogP contribution in [0.15, 0.2) is 58.7 Å². The number of benzene rings is 1. The zero-order valence-electron chi connectivity index (χ0n) is 18.5. The summed E-state index contributed by atoms with van der Waals surface area (Å²) >= 11 is 6.23. The Balaban J connectivity index is 2.03. The number of pyridine rings is 2. The van der Waals surface area contributed by atoms with Crippen LogP contribution in [-0.2, 0) is 26.1 Å². The Morgan fingerprint density at radius 2 is 1.97 bits per heavy atom. The Bertz CT molecular complexity index is 1300. The molecule has 2 heterocycles. The molecule has 2 aromatic heterocycles. The SMILES string of the molecule is CCCCOC(=O)CN(Cc1ccccn1)S(=O)(=O)c1ccc2c(Cl)cnc(N=C(N)N)c2c1. The molecular formula is C22H25ClN6O4S. The van der Waals surface area contributed by atoms with Crippen molar-refractivity contribution in [3.8, 4) is 0 Å². The number of esters is 1. The lowest BCUT2D eigenvalue weighted by molar-refractivity contribution is -0.144. The van der Waals surface area contributed by atoms with Crippen LogP contribution in [0.1, 0.15) is 25.5 Å². The van der Waals surface area contributed by atoms with E-state index < -0.39 is 22.5 Å². The summed E-state index contributed by atoms with van der Waals surface area (Å²) in [7, 11) is -4.16. The summed E-state index contributed by atoms with van der Waals surface area (Å²) in [6.45, 7) is 1.58. The Morgan fingerprint density at radius 1 is 1.18 bits per heavy atom. The second-order valence-corrected chi connectivity index (χ2v) is 9.69. The van der Waals surface area contributed by atoms with Gasteiger partial charge in [0.2, 0.25) is 10.0 Å². The molecule has 0 aliphatic heterocycles. The number of carbonyl (C=O) groups is 1. The summed E-state index contributed by atoms with van der Waals surface area (Å²) in [6.07, 6.45) is 4.45. The molecule has 0 unspecified atom stereocenters. The van der Waals surface area contributed by atoms with E-state index in [2.05, 4.69) is 15.0 Å². The van der Waals surface area contributed by atoms with Crippen molar-refractivity contribution in [1.29, 1.82) is 0 Å². The molecule has 0 bridgehead atoms. The molecule has 1 aromatic carbocycles. The molecule has 34 heavy (non-hydrogen) atoms. The molecule has 12 heteroatoms. The molecule has 3 rings (SSSR count). The van der Waals surface area contributed by atoms with Crippen LogP contribution in [0.25, 0.3) is 10.8 Å². The number of aromatic nitrogens is 2. The van der Waals surface area contributed by atoms with Gasteiger partial charge >= 0.3 is 5.97 Å². The van der Waals surface area contributed by atoms with Gasteiger partial charge in [0.25, 0.3) is 0 Å². The molecule has 0 saturated heterocycles. The lowest BCUT2D eigenvalue weighted by atomic mass is 10.1. The molecule has 10 nitrogen and oxygen atoms in total. The molecular weight excluding hydrogens is 480 g/mol. The lowest BCUT2D eigenvalue weighted by Gasteiger charge is -2.21. The summed E-state index contributed by atoms with van der Waals surface area (Å²) in [5.41, 5.74) is 11.4. The molecule has 180 valence electrons.